The number of likely N-dealkylation sites (N-methyl/N-ethyl adjacent to an activating group) is 1. The Morgan fingerprint density at radius 2 is 1.51 bits per heavy atom. The Balaban J connectivity index is 1.89. The van der Waals surface area contributed by atoms with Gasteiger partial charge in [0.1, 0.15) is 29.1 Å². The van der Waals surface area contributed by atoms with Crippen LogP contribution in [0.1, 0.15) is 11.1 Å². The lowest BCUT2D eigenvalue weighted by atomic mass is 10.0. The van der Waals surface area contributed by atoms with Gasteiger partial charge in [-0.2, -0.15) is 0 Å². The third-order valence-electron chi connectivity index (χ3n) is 5.50. The second-order valence-electron chi connectivity index (χ2n) is 7.77. The Morgan fingerprint density at radius 1 is 0.914 bits per heavy atom. The lowest BCUT2D eigenvalue weighted by Crippen LogP contribution is -2.51. The van der Waals surface area contributed by atoms with E-state index in [-0.39, 0.29) is 25.5 Å². The van der Waals surface area contributed by atoms with Crippen LogP contribution in [0.4, 0.5) is 4.39 Å². The summed E-state index contributed by atoms with van der Waals surface area (Å²) >= 11 is 0. The molecule has 1 atom stereocenters. The molecule has 1 unspecified atom stereocenters. The molecule has 0 radical (unpaired) electrons. The molecule has 0 aromatic heterocycles. The van der Waals surface area contributed by atoms with Crippen LogP contribution < -0.4 is 19.5 Å². The van der Waals surface area contributed by atoms with Crippen LogP contribution in [0.2, 0.25) is 0 Å². The third kappa shape index (κ3) is 6.96. The Hall–Kier alpha value is -4.07. The summed E-state index contributed by atoms with van der Waals surface area (Å²) in [6, 6.07) is 19.6. The number of amides is 2. The molecular formula is C27H29FN2O5. The molecule has 0 fully saturated rings. The maximum Gasteiger partial charge on any atom is 0.261 e. The van der Waals surface area contributed by atoms with Gasteiger partial charge in [0, 0.05) is 43.8 Å². The number of nitrogens with zero attached hydrogens (tertiary/aromatic N) is 1. The topological polar surface area (TPSA) is 77.1 Å². The van der Waals surface area contributed by atoms with Gasteiger partial charge in [-0.25, -0.2) is 4.39 Å². The number of rotatable bonds is 11. The van der Waals surface area contributed by atoms with E-state index in [0.717, 1.165) is 5.56 Å². The van der Waals surface area contributed by atoms with Crippen LogP contribution in [0.5, 0.6) is 17.2 Å². The molecule has 0 saturated carbocycles. The van der Waals surface area contributed by atoms with Gasteiger partial charge in [0.2, 0.25) is 5.91 Å². The van der Waals surface area contributed by atoms with Crippen LogP contribution in [0, 0.1) is 5.82 Å². The van der Waals surface area contributed by atoms with Crippen molar-refractivity contribution in [1.29, 1.82) is 0 Å². The highest BCUT2D eigenvalue weighted by molar-refractivity contribution is 5.88. The minimum absolute atomic E-state index is 0.0960. The maximum atomic E-state index is 14.5. The molecule has 0 spiro atoms. The molecule has 184 valence electrons. The molecule has 2 amide bonds. The zero-order chi connectivity index (χ0) is 25.2. The van der Waals surface area contributed by atoms with Crippen LogP contribution >= 0.6 is 0 Å². The molecule has 35 heavy (non-hydrogen) atoms. The maximum absolute atomic E-state index is 14.5. The molecule has 8 heteroatoms. The van der Waals surface area contributed by atoms with Gasteiger partial charge in [0.25, 0.3) is 5.91 Å². The molecule has 0 bridgehead atoms. The van der Waals surface area contributed by atoms with Crippen molar-refractivity contribution in [3.8, 4) is 17.2 Å². The highest BCUT2D eigenvalue weighted by Crippen LogP contribution is 2.27. The van der Waals surface area contributed by atoms with Crippen molar-refractivity contribution in [2.24, 2.45) is 0 Å². The van der Waals surface area contributed by atoms with E-state index < -0.39 is 17.8 Å². The van der Waals surface area contributed by atoms with E-state index in [1.165, 1.54) is 32.2 Å². The molecule has 7 nitrogen and oxygen atoms in total. The summed E-state index contributed by atoms with van der Waals surface area (Å²) in [5.74, 6) is 0.0740. The summed E-state index contributed by atoms with van der Waals surface area (Å²) in [6.45, 7) is -0.464. The number of hydrogen-bond donors (Lipinski definition) is 1. The lowest BCUT2D eigenvalue weighted by molar-refractivity contribution is -0.142. The molecule has 0 heterocycles. The van der Waals surface area contributed by atoms with Gasteiger partial charge >= 0.3 is 0 Å². The predicted molar refractivity (Wildman–Crippen MR) is 130 cm³/mol. The minimum Gasteiger partial charge on any atom is -0.496 e. The number of nitrogens with one attached hydrogen (secondary N) is 1. The summed E-state index contributed by atoms with van der Waals surface area (Å²) < 4.78 is 30.7. The number of hydrogen-bond acceptors (Lipinski definition) is 5. The zero-order valence-corrected chi connectivity index (χ0v) is 20.0. The van der Waals surface area contributed by atoms with Crippen molar-refractivity contribution < 1.29 is 28.2 Å². The average molecular weight is 481 g/mol. The van der Waals surface area contributed by atoms with E-state index in [1.807, 2.05) is 30.3 Å². The first kappa shape index (κ1) is 25.6. The van der Waals surface area contributed by atoms with Gasteiger partial charge in [0.05, 0.1) is 14.2 Å². The van der Waals surface area contributed by atoms with E-state index in [1.54, 1.807) is 36.4 Å². The SMILES string of the molecule is CNC(=O)C(Cc1ccccc1)N(Cc1ccccc1F)C(=O)COc1cc(OC)cc(OC)c1. The molecule has 0 aliphatic rings. The number of carbonyl (C=O) groups is 2. The normalized spacial score (nSPS) is 11.3. The van der Waals surface area contributed by atoms with E-state index in [2.05, 4.69) is 5.32 Å². The minimum atomic E-state index is -0.877. The first-order valence-corrected chi connectivity index (χ1v) is 11.1. The fraction of sp³-hybridized carbons (Fsp3) is 0.259. The molecule has 0 aliphatic carbocycles. The number of ether oxygens (including phenoxy) is 3. The Kier molecular flexibility index (Phi) is 9.06. The Morgan fingerprint density at radius 3 is 2.11 bits per heavy atom. The smallest absolute Gasteiger partial charge is 0.261 e. The van der Waals surface area contributed by atoms with Gasteiger partial charge in [-0.3, -0.25) is 9.59 Å². The van der Waals surface area contributed by atoms with Crippen LogP contribution in [0.3, 0.4) is 0 Å². The van der Waals surface area contributed by atoms with Crippen LogP contribution in [0.25, 0.3) is 0 Å². The summed E-state index contributed by atoms with van der Waals surface area (Å²) in [5, 5.41) is 2.62. The quantitative estimate of drug-likeness (QED) is 0.454. The first-order valence-electron chi connectivity index (χ1n) is 11.1. The Bertz CT molecular complexity index is 1120. The van der Waals surface area contributed by atoms with Crippen LogP contribution in [0.15, 0.2) is 72.8 Å². The summed E-state index contributed by atoms with van der Waals surface area (Å²) in [6.07, 6.45) is 0.258. The number of benzene rings is 3. The van der Waals surface area contributed by atoms with Gasteiger partial charge in [-0.1, -0.05) is 48.5 Å². The highest BCUT2D eigenvalue weighted by Gasteiger charge is 2.30. The second-order valence-corrected chi connectivity index (χ2v) is 7.77. The van der Waals surface area contributed by atoms with Gasteiger partial charge in [-0.15, -0.1) is 0 Å². The zero-order valence-electron chi connectivity index (χ0n) is 20.0. The Labute approximate surface area is 204 Å². The standard InChI is InChI=1S/C27H29FN2O5/c1-29-27(32)25(13-19-9-5-4-6-10-19)30(17-20-11-7-8-12-24(20)28)26(31)18-35-23-15-21(33-2)14-22(16-23)34-3/h4-12,14-16,25H,13,17-18H2,1-3H3,(H,29,32). The molecule has 3 aromatic carbocycles. The lowest BCUT2D eigenvalue weighted by Gasteiger charge is -2.31. The van der Waals surface area contributed by atoms with Gasteiger partial charge < -0.3 is 24.4 Å². The van der Waals surface area contributed by atoms with Crippen molar-refractivity contribution in [3.63, 3.8) is 0 Å². The predicted octanol–water partition coefficient (Wildman–Crippen LogP) is 3.61. The first-order chi connectivity index (χ1) is 16.9. The molecule has 0 saturated heterocycles. The molecular weight excluding hydrogens is 451 g/mol. The molecule has 3 rings (SSSR count). The van der Waals surface area contributed by atoms with Crippen LogP contribution in [-0.4, -0.2) is 50.6 Å². The van der Waals surface area contributed by atoms with Gasteiger partial charge in [-0.05, 0) is 11.6 Å². The highest BCUT2D eigenvalue weighted by atomic mass is 19.1. The van der Waals surface area contributed by atoms with E-state index >= 15 is 0 Å². The average Bonchev–Trinajstić information content (AvgIpc) is 2.90. The number of methoxy groups -OCH3 is 2. The summed E-state index contributed by atoms with van der Waals surface area (Å²) in [5.41, 5.74) is 1.16. The fourth-order valence-corrected chi connectivity index (χ4v) is 3.62. The largest absolute Gasteiger partial charge is 0.496 e. The third-order valence-corrected chi connectivity index (χ3v) is 5.50. The van der Waals surface area contributed by atoms with Gasteiger partial charge in [0.15, 0.2) is 6.61 Å². The van der Waals surface area contributed by atoms with Crippen molar-refractivity contribution in [2.45, 2.75) is 19.0 Å². The van der Waals surface area contributed by atoms with E-state index in [0.29, 0.717) is 22.8 Å². The monoisotopic (exact) mass is 480 g/mol. The fourth-order valence-electron chi connectivity index (χ4n) is 3.62. The molecule has 0 aliphatic heterocycles. The van der Waals surface area contributed by atoms with Crippen molar-refractivity contribution in [3.05, 3.63) is 89.7 Å². The number of carbonyl (C=O) groups excluding carboxylic acids is 2. The van der Waals surface area contributed by atoms with Crippen molar-refractivity contribution in [1.82, 2.24) is 10.2 Å². The molecule has 1 N–H and O–H groups in total. The van der Waals surface area contributed by atoms with Crippen LogP contribution in [-0.2, 0) is 22.6 Å². The summed E-state index contributed by atoms with van der Waals surface area (Å²) in [4.78, 5) is 27.7. The van der Waals surface area contributed by atoms with Crippen molar-refractivity contribution in [2.75, 3.05) is 27.9 Å². The van der Waals surface area contributed by atoms with Crippen molar-refractivity contribution >= 4 is 11.8 Å². The second kappa shape index (κ2) is 12.4. The molecule has 3 aromatic rings. The summed E-state index contributed by atoms with van der Waals surface area (Å²) in [7, 11) is 4.53. The van der Waals surface area contributed by atoms with E-state index in [9.17, 15) is 14.0 Å². The van der Waals surface area contributed by atoms with E-state index in [4.69, 9.17) is 14.2 Å². The number of halogens is 1.